The minimum absolute atomic E-state index is 0.543. The average molecular weight is 315 g/mol. The minimum Gasteiger partial charge on any atom is -0.379 e. The van der Waals surface area contributed by atoms with Gasteiger partial charge < -0.3 is 15.4 Å². The highest BCUT2D eigenvalue weighted by atomic mass is 16.5. The molecule has 0 aromatic carbocycles. The van der Waals surface area contributed by atoms with Crippen molar-refractivity contribution in [2.45, 2.75) is 19.0 Å². The summed E-state index contributed by atoms with van der Waals surface area (Å²) in [5.41, 5.74) is 9.39. The third kappa shape index (κ3) is 3.29. The van der Waals surface area contributed by atoms with Gasteiger partial charge in [-0.1, -0.05) is 0 Å². The molecule has 1 aromatic heterocycles. The maximum absolute atomic E-state index is 6.66. The number of aliphatic imine (C=N–C) groups is 1. The zero-order chi connectivity index (χ0) is 16.4. The van der Waals surface area contributed by atoms with Crippen LogP contribution >= 0.6 is 0 Å². The second-order valence-corrected chi connectivity index (χ2v) is 6.39. The van der Waals surface area contributed by atoms with Gasteiger partial charge in [-0.05, 0) is 30.2 Å². The molecule has 0 saturated carbocycles. The van der Waals surface area contributed by atoms with Crippen LogP contribution < -0.4 is 10.6 Å². The standard InChI is InChI=1S/C17H25N5O/c1-13-15(14-4-5-16(19-11-14)21(2)3)10-17(18,12-20-13)22-6-8-23-9-7-22/h4-5,11-12H,6-10,18H2,1-3H3. The molecule has 0 amide bonds. The summed E-state index contributed by atoms with van der Waals surface area (Å²) in [6.45, 7) is 5.16. The molecule has 3 heterocycles. The highest BCUT2D eigenvalue weighted by Gasteiger charge is 2.35. The molecule has 2 aliphatic rings. The Hall–Kier alpha value is -1.76. The van der Waals surface area contributed by atoms with E-state index < -0.39 is 5.66 Å². The van der Waals surface area contributed by atoms with Crippen LogP contribution in [0.4, 0.5) is 5.82 Å². The fourth-order valence-corrected chi connectivity index (χ4v) is 3.06. The number of morpholine rings is 1. The first-order chi connectivity index (χ1) is 11.0. The topological polar surface area (TPSA) is 67.0 Å². The Balaban J connectivity index is 1.85. The Bertz CT molecular complexity index is 616. The lowest BCUT2D eigenvalue weighted by Crippen LogP contribution is -2.61. The molecule has 0 bridgehead atoms. The summed E-state index contributed by atoms with van der Waals surface area (Å²) in [6.07, 6.45) is 4.54. The second-order valence-electron chi connectivity index (χ2n) is 6.39. The molecular weight excluding hydrogens is 290 g/mol. The van der Waals surface area contributed by atoms with Crippen LogP contribution in [-0.4, -0.2) is 62.2 Å². The number of aromatic nitrogens is 1. The van der Waals surface area contributed by atoms with Crippen molar-refractivity contribution in [3.8, 4) is 0 Å². The monoisotopic (exact) mass is 315 g/mol. The first-order valence-electron chi connectivity index (χ1n) is 8.00. The van der Waals surface area contributed by atoms with Gasteiger partial charge in [-0.25, -0.2) is 4.98 Å². The van der Waals surface area contributed by atoms with E-state index in [-0.39, 0.29) is 0 Å². The number of hydrogen-bond acceptors (Lipinski definition) is 6. The highest BCUT2D eigenvalue weighted by molar-refractivity contribution is 5.82. The number of allylic oxidation sites excluding steroid dienone is 1. The molecule has 1 fully saturated rings. The molecule has 0 spiro atoms. The van der Waals surface area contributed by atoms with Gasteiger partial charge in [0.1, 0.15) is 11.5 Å². The molecule has 0 aliphatic carbocycles. The quantitative estimate of drug-likeness (QED) is 0.912. The Morgan fingerprint density at radius 3 is 2.61 bits per heavy atom. The summed E-state index contributed by atoms with van der Waals surface area (Å²) in [6, 6.07) is 4.13. The summed E-state index contributed by atoms with van der Waals surface area (Å²) >= 11 is 0. The fraction of sp³-hybridized carbons (Fsp3) is 0.529. The third-order valence-corrected chi connectivity index (χ3v) is 4.53. The number of nitrogens with two attached hydrogens (primary N) is 1. The maximum atomic E-state index is 6.66. The van der Waals surface area contributed by atoms with E-state index in [0.29, 0.717) is 0 Å². The number of rotatable bonds is 3. The molecular formula is C17H25N5O. The van der Waals surface area contributed by atoms with Crippen molar-refractivity contribution in [1.29, 1.82) is 0 Å². The number of anilines is 1. The van der Waals surface area contributed by atoms with Crippen molar-refractivity contribution in [2.75, 3.05) is 45.3 Å². The van der Waals surface area contributed by atoms with Crippen LogP contribution in [0.15, 0.2) is 29.0 Å². The predicted molar refractivity (Wildman–Crippen MR) is 93.6 cm³/mol. The van der Waals surface area contributed by atoms with Gasteiger partial charge in [-0.2, -0.15) is 0 Å². The maximum Gasteiger partial charge on any atom is 0.127 e. The smallest absolute Gasteiger partial charge is 0.127 e. The highest BCUT2D eigenvalue weighted by Crippen LogP contribution is 2.32. The van der Waals surface area contributed by atoms with E-state index in [9.17, 15) is 0 Å². The molecule has 1 saturated heterocycles. The van der Waals surface area contributed by atoms with Gasteiger partial charge in [-0.3, -0.25) is 9.89 Å². The van der Waals surface area contributed by atoms with Crippen LogP contribution in [0.3, 0.4) is 0 Å². The molecule has 1 atom stereocenters. The lowest BCUT2D eigenvalue weighted by atomic mass is 9.91. The van der Waals surface area contributed by atoms with E-state index in [2.05, 4.69) is 20.9 Å². The first kappa shape index (κ1) is 16.1. The van der Waals surface area contributed by atoms with Crippen molar-refractivity contribution < 1.29 is 4.74 Å². The normalized spacial score (nSPS) is 25.7. The Kier molecular flexibility index (Phi) is 4.48. The predicted octanol–water partition coefficient (Wildman–Crippen LogP) is 1.34. The largest absolute Gasteiger partial charge is 0.379 e. The van der Waals surface area contributed by atoms with Crippen LogP contribution in [0.5, 0.6) is 0 Å². The van der Waals surface area contributed by atoms with E-state index >= 15 is 0 Å². The van der Waals surface area contributed by atoms with Crippen LogP contribution in [0.2, 0.25) is 0 Å². The van der Waals surface area contributed by atoms with E-state index in [4.69, 9.17) is 10.5 Å². The van der Waals surface area contributed by atoms with Gasteiger partial charge in [-0.15, -0.1) is 0 Å². The lowest BCUT2D eigenvalue weighted by Gasteiger charge is -2.42. The van der Waals surface area contributed by atoms with Crippen LogP contribution in [0.25, 0.3) is 5.57 Å². The minimum atomic E-state index is -0.543. The summed E-state index contributed by atoms with van der Waals surface area (Å²) < 4.78 is 5.44. The van der Waals surface area contributed by atoms with Gasteiger partial charge in [0.2, 0.25) is 0 Å². The number of pyridine rings is 1. The summed E-state index contributed by atoms with van der Waals surface area (Å²) in [5.74, 6) is 0.943. The van der Waals surface area contributed by atoms with Gasteiger partial charge in [0, 0.05) is 51.7 Å². The summed E-state index contributed by atoms with van der Waals surface area (Å²) in [4.78, 5) is 13.3. The van der Waals surface area contributed by atoms with Gasteiger partial charge >= 0.3 is 0 Å². The van der Waals surface area contributed by atoms with E-state index in [1.165, 1.54) is 5.57 Å². The molecule has 124 valence electrons. The molecule has 3 rings (SSSR count). The van der Waals surface area contributed by atoms with E-state index in [1.54, 1.807) is 0 Å². The molecule has 6 nitrogen and oxygen atoms in total. The SMILES string of the molecule is CC1=C(c2ccc(N(C)C)nc2)CC(N)(N2CCOCC2)C=N1. The fourth-order valence-electron chi connectivity index (χ4n) is 3.06. The van der Waals surface area contributed by atoms with Crippen molar-refractivity contribution in [3.63, 3.8) is 0 Å². The van der Waals surface area contributed by atoms with Gasteiger partial charge in [0.05, 0.1) is 13.2 Å². The van der Waals surface area contributed by atoms with Gasteiger partial charge in [0.15, 0.2) is 0 Å². The molecule has 1 unspecified atom stereocenters. The Morgan fingerprint density at radius 1 is 1.26 bits per heavy atom. The molecule has 1 aromatic rings. The van der Waals surface area contributed by atoms with Crippen LogP contribution in [-0.2, 0) is 4.74 Å². The molecule has 0 radical (unpaired) electrons. The van der Waals surface area contributed by atoms with Crippen LogP contribution in [0.1, 0.15) is 18.9 Å². The number of ether oxygens (including phenoxy) is 1. The van der Waals surface area contributed by atoms with E-state index in [1.807, 2.05) is 44.4 Å². The molecule has 2 N–H and O–H groups in total. The Morgan fingerprint density at radius 2 is 2.00 bits per heavy atom. The molecule has 6 heteroatoms. The number of nitrogens with zero attached hydrogens (tertiary/aromatic N) is 4. The average Bonchev–Trinajstić information content (AvgIpc) is 2.58. The third-order valence-electron chi connectivity index (χ3n) is 4.53. The zero-order valence-corrected chi connectivity index (χ0v) is 14.1. The van der Waals surface area contributed by atoms with Crippen molar-refractivity contribution in [2.24, 2.45) is 10.7 Å². The summed E-state index contributed by atoms with van der Waals surface area (Å²) in [5, 5.41) is 0. The van der Waals surface area contributed by atoms with Crippen molar-refractivity contribution in [3.05, 3.63) is 29.6 Å². The van der Waals surface area contributed by atoms with E-state index in [0.717, 1.165) is 49.8 Å². The van der Waals surface area contributed by atoms with Crippen LogP contribution in [0, 0.1) is 0 Å². The molecule has 23 heavy (non-hydrogen) atoms. The molecule has 2 aliphatic heterocycles. The summed E-state index contributed by atoms with van der Waals surface area (Å²) in [7, 11) is 3.97. The number of hydrogen-bond donors (Lipinski definition) is 1. The first-order valence-corrected chi connectivity index (χ1v) is 8.00. The second kappa shape index (κ2) is 6.39. The lowest BCUT2D eigenvalue weighted by molar-refractivity contribution is 0.00433. The zero-order valence-electron chi connectivity index (χ0n) is 14.1. The van der Waals surface area contributed by atoms with Crippen molar-refractivity contribution in [1.82, 2.24) is 9.88 Å². The van der Waals surface area contributed by atoms with Gasteiger partial charge in [0.25, 0.3) is 0 Å². The Labute approximate surface area is 137 Å². The van der Waals surface area contributed by atoms with Crippen molar-refractivity contribution >= 4 is 17.6 Å².